The third-order valence-corrected chi connectivity index (χ3v) is 5.50. The molecule has 2 aliphatic carbocycles. The van der Waals surface area contributed by atoms with Crippen molar-refractivity contribution < 1.29 is 4.74 Å². The highest BCUT2D eigenvalue weighted by Gasteiger charge is 2.59. The molecule has 1 saturated heterocycles. The molecule has 2 saturated carbocycles. The van der Waals surface area contributed by atoms with Crippen LogP contribution in [0.5, 0.6) is 0 Å². The maximum absolute atomic E-state index is 5.83. The first-order valence-electron chi connectivity index (χ1n) is 6.94. The van der Waals surface area contributed by atoms with Crippen molar-refractivity contribution in [2.75, 3.05) is 13.2 Å². The van der Waals surface area contributed by atoms with E-state index < -0.39 is 0 Å². The molecule has 3 fully saturated rings. The Morgan fingerprint density at radius 2 is 2.06 bits per heavy atom. The van der Waals surface area contributed by atoms with Gasteiger partial charge in [-0.15, -0.1) is 0 Å². The van der Waals surface area contributed by atoms with E-state index in [4.69, 9.17) is 4.74 Å². The molecule has 1 heterocycles. The van der Waals surface area contributed by atoms with E-state index in [1.165, 1.54) is 32.2 Å². The van der Waals surface area contributed by atoms with Gasteiger partial charge in [0.2, 0.25) is 0 Å². The van der Waals surface area contributed by atoms with Gasteiger partial charge in [-0.05, 0) is 31.1 Å². The topological polar surface area (TPSA) is 21.3 Å². The zero-order valence-corrected chi connectivity index (χ0v) is 10.9. The highest BCUT2D eigenvalue weighted by Crippen LogP contribution is 2.53. The third-order valence-electron chi connectivity index (χ3n) is 5.50. The molecule has 3 unspecified atom stereocenters. The maximum Gasteiger partial charge on any atom is 0.0685 e. The molecular formula is C14H25NO. The molecule has 16 heavy (non-hydrogen) atoms. The molecule has 0 radical (unpaired) electrons. The van der Waals surface area contributed by atoms with Gasteiger partial charge < -0.3 is 10.1 Å². The molecular weight excluding hydrogens is 198 g/mol. The number of hydrogen-bond donors (Lipinski definition) is 1. The first-order chi connectivity index (χ1) is 7.59. The molecule has 0 spiro atoms. The van der Waals surface area contributed by atoms with E-state index in [2.05, 4.69) is 26.1 Å². The first kappa shape index (κ1) is 11.0. The monoisotopic (exact) mass is 223 g/mol. The van der Waals surface area contributed by atoms with Gasteiger partial charge in [0.05, 0.1) is 6.10 Å². The van der Waals surface area contributed by atoms with Gasteiger partial charge in [-0.2, -0.15) is 0 Å². The Bertz CT molecular complexity index is 282. The van der Waals surface area contributed by atoms with Gasteiger partial charge in [0.25, 0.3) is 0 Å². The van der Waals surface area contributed by atoms with E-state index in [1.54, 1.807) is 0 Å². The summed E-state index contributed by atoms with van der Waals surface area (Å²) in [6.07, 6.45) is 6.02. The number of fused-ring (bicyclic) bond motifs is 1. The van der Waals surface area contributed by atoms with Crippen molar-refractivity contribution in [1.29, 1.82) is 0 Å². The summed E-state index contributed by atoms with van der Waals surface area (Å²) in [5.41, 5.74) is 1.02. The van der Waals surface area contributed by atoms with Crippen LogP contribution in [0, 0.1) is 16.7 Å². The minimum absolute atomic E-state index is 0.352. The fourth-order valence-electron chi connectivity index (χ4n) is 3.90. The van der Waals surface area contributed by atoms with Crippen LogP contribution in [0.3, 0.4) is 0 Å². The molecule has 92 valence electrons. The van der Waals surface area contributed by atoms with Gasteiger partial charge in [-0.3, -0.25) is 0 Å². The molecule has 1 aliphatic heterocycles. The summed E-state index contributed by atoms with van der Waals surface area (Å²) in [5, 5.41) is 3.85. The molecule has 3 rings (SSSR count). The lowest BCUT2D eigenvalue weighted by atomic mass is 9.57. The molecule has 1 N–H and O–H groups in total. The predicted molar refractivity (Wildman–Crippen MR) is 65.4 cm³/mol. The Hall–Kier alpha value is -0.0800. The summed E-state index contributed by atoms with van der Waals surface area (Å²) in [7, 11) is 0. The lowest BCUT2D eigenvalue weighted by Crippen LogP contribution is -2.66. The molecule has 0 aromatic carbocycles. The molecule has 2 heteroatoms. The molecule has 3 atom stereocenters. The Kier molecular flexibility index (Phi) is 2.38. The number of ether oxygens (including phenoxy) is 1. The summed E-state index contributed by atoms with van der Waals surface area (Å²) in [6, 6.07) is 0.698. The van der Waals surface area contributed by atoms with Crippen LogP contribution in [0.15, 0.2) is 0 Å². The van der Waals surface area contributed by atoms with Crippen molar-refractivity contribution in [1.82, 2.24) is 5.32 Å². The van der Waals surface area contributed by atoms with Crippen molar-refractivity contribution >= 4 is 0 Å². The molecule has 0 aromatic heterocycles. The van der Waals surface area contributed by atoms with Crippen molar-refractivity contribution in [3.8, 4) is 0 Å². The van der Waals surface area contributed by atoms with Crippen LogP contribution < -0.4 is 5.32 Å². The predicted octanol–water partition coefficient (Wildman–Crippen LogP) is 2.58. The summed E-state index contributed by atoms with van der Waals surface area (Å²) >= 11 is 0. The van der Waals surface area contributed by atoms with E-state index >= 15 is 0 Å². The van der Waals surface area contributed by atoms with Crippen molar-refractivity contribution in [3.05, 3.63) is 0 Å². The molecule has 0 amide bonds. The van der Waals surface area contributed by atoms with Crippen LogP contribution in [0.1, 0.15) is 46.5 Å². The highest BCUT2D eigenvalue weighted by atomic mass is 16.5. The number of rotatable bonds is 4. The second-order valence-electron chi connectivity index (χ2n) is 6.78. The third kappa shape index (κ3) is 1.46. The Morgan fingerprint density at radius 1 is 1.31 bits per heavy atom. The summed E-state index contributed by atoms with van der Waals surface area (Å²) < 4.78 is 5.83. The summed E-state index contributed by atoms with van der Waals surface area (Å²) in [6.45, 7) is 9.28. The Morgan fingerprint density at radius 3 is 2.69 bits per heavy atom. The highest BCUT2D eigenvalue weighted by molar-refractivity contribution is 5.12. The van der Waals surface area contributed by atoms with Crippen molar-refractivity contribution in [2.45, 2.75) is 58.6 Å². The quantitative estimate of drug-likeness (QED) is 0.791. The zero-order valence-electron chi connectivity index (χ0n) is 10.9. The van der Waals surface area contributed by atoms with E-state index in [-0.39, 0.29) is 0 Å². The first-order valence-corrected chi connectivity index (χ1v) is 6.94. The average molecular weight is 223 g/mol. The number of hydrogen-bond acceptors (Lipinski definition) is 2. The van der Waals surface area contributed by atoms with Gasteiger partial charge in [0, 0.05) is 30.5 Å². The standard InChI is InChI=1S/C14H25NO/c1-4-14(6-7-14)9-15-11-10-5-8-16-12(10)13(11,2)3/h10-12,15H,4-9H2,1-3H3. The van der Waals surface area contributed by atoms with Crippen molar-refractivity contribution in [3.63, 3.8) is 0 Å². The lowest BCUT2D eigenvalue weighted by molar-refractivity contribution is -0.113. The number of nitrogens with one attached hydrogen (secondary N) is 1. The van der Waals surface area contributed by atoms with Crippen LogP contribution >= 0.6 is 0 Å². The summed E-state index contributed by atoms with van der Waals surface area (Å²) in [5.74, 6) is 0.794. The summed E-state index contributed by atoms with van der Waals surface area (Å²) in [4.78, 5) is 0. The minimum Gasteiger partial charge on any atom is -0.377 e. The van der Waals surface area contributed by atoms with Gasteiger partial charge in [0.1, 0.15) is 0 Å². The van der Waals surface area contributed by atoms with Crippen LogP contribution in [0.4, 0.5) is 0 Å². The average Bonchev–Trinajstić information content (AvgIpc) is 2.88. The van der Waals surface area contributed by atoms with Gasteiger partial charge in [-0.25, -0.2) is 0 Å². The van der Waals surface area contributed by atoms with Crippen LogP contribution in [-0.2, 0) is 4.74 Å². The fourth-order valence-corrected chi connectivity index (χ4v) is 3.90. The smallest absolute Gasteiger partial charge is 0.0685 e. The Balaban J connectivity index is 1.59. The normalized spacial score (nSPS) is 42.6. The maximum atomic E-state index is 5.83. The molecule has 3 aliphatic rings. The molecule has 0 aromatic rings. The van der Waals surface area contributed by atoms with Gasteiger partial charge in [-0.1, -0.05) is 20.8 Å². The van der Waals surface area contributed by atoms with E-state index in [9.17, 15) is 0 Å². The van der Waals surface area contributed by atoms with Crippen LogP contribution in [0.2, 0.25) is 0 Å². The van der Waals surface area contributed by atoms with E-state index in [0.29, 0.717) is 23.0 Å². The zero-order chi connectivity index (χ0) is 11.4. The van der Waals surface area contributed by atoms with E-state index in [1.807, 2.05) is 0 Å². The largest absolute Gasteiger partial charge is 0.377 e. The van der Waals surface area contributed by atoms with Crippen LogP contribution in [0.25, 0.3) is 0 Å². The Labute approximate surface area is 99.1 Å². The molecule has 2 nitrogen and oxygen atoms in total. The van der Waals surface area contributed by atoms with Gasteiger partial charge in [0.15, 0.2) is 0 Å². The fraction of sp³-hybridized carbons (Fsp3) is 1.00. The second kappa shape index (κ2) is 3.46. The minimum atomic E-state index is 0.352. The second-order valence-corrected chi connectivity index (χ2v) is 6.78. The van der Waals surface area contributed by atoms with Crippen molar-refractivity contribution in [2.24, 2.45) is 16.7 Å². The van der Waals surface area contributed by atoms with Crippen LogP contribution in [-0.4, -0.2) is 25.3 Å². The molecule has 0 bridgehead atoms. The lowest BCUT2D eigenvalue weighted by Gasteiger charge is -2.55. The SMILES string of the molecule is CCC1(CNC2C3CCOC3C2(C)C)CC1. The van der Waals surface area contributed by atoms with Gasteiger partial charge >= 0.3 is 0 Å². The van der Waals surface area contributed by atoms with E-state index in [0.717, 1.165) is 12.5 Å².